The number of rotatable bonds is 8. The van der Waals surface area contributed by atoms with Gasteiger partial charge in [0, 0.05) is 11.7 Å². The topological polar surface area (TPSA) is 105 Å². The average Bonchev–Trinajstić information content (AvgIpc) is 3.55. The van der Waals surface area contributed by atoms with Crippen molar-refractivity contribution in [3.05, 3.63) is 77.1 Å². The molecule has 3 amide bonds. The lowest BCUT2D eigenvalue weighted by Crippen LogP contribution is -2.49. The summed E-state index contributed by atoms with van der Waals surface area (Å²) in [7, 11) is 0. The summed E-state index contributed by atoms with van der Waals surface area (Å²) in [6.07, 6.45) is 6.50. The molecule has 1 aliphatic carbocycles. The van der Waals surface area contributed by atoms with Crippen molar-refractivity contribution >= 4 is 23.4 Å². The number of anilines is 1. The van der Waals surface area contributed by atoms with E-state index in [0.29, 0.717) is 17.2 Å². The Morgan fingerprint density at radius 2 is 1.81 bits per heavy atom. The summed E-state index contributed by atoms with van der Waals surface area (Å²) >= 11 is 0. The summed E-state index contributed by atoms with van der Waals surface area (Å²) in [6.45, 7) is 5.30. The highest BCUT2D eigenvalue weighted by atomic mass is 16.3. The van der Waals surface area contributed by atoms with Crippen LogP contribution in [0.2, 0.25) is 0 Å². The number of hydrogen-bond acceptors (Lipinski definition) is 5. The molecule has 0 spiro atoms. The molecule has 1 aromatic carbocycles. The molecule has 4 rings (SSSR count). The molecule has 2 N–H and O–H groups in total. The first-order valence-corrected chi connectivity index (χ1v) is 12.4. The van der Waals surface area contributed by atoms with Gasteiger partial charge >= 0.3 is 0 Å². The Labute approximate surface area is 211 Å². The van der Waals surface area contributed by atoms with Crippen LogP contribution in [0.15, 0.2) is 57.6 Å². The largest absolute Gasteiger partial charge is 0.464 e. The van der Waals surface area contributed by atoms with Crippen LogP contribution in [-0.4, -0.2) is 30.3 Å². The van der Waals surface area contributed by atoms with E-state index in [4.69, 9.17) is 8.83 Å². The lowest BCUT2D eigenvalue weighted by Gasteiger charge is -2.33. The van der Waals surface area contributed by atoms with Gasteiger partial charge in [0.1, 0.15) is 11.5 Å². The van der Waals surface area contributed by atoms with E-state index >= 15 is 0 Å². The molecule has 0 unspecified atom stereocenters. The van der Waals surface area contributed by atoms with Crippen molar-refractivity contribution in [1.82, 2.24) is 10.6 Å². The minimum atomic E-state index is -1.03. The fourth-order valence-electron chi connectivity index (χ4n) is 4.63. The Morgan fingerprint density at radius 1 is 1.03 bits per heavy atom. The number of carbonyl (C=O) groups is 3. The zero-order chi connectivity index (χ0) is 25.7. The minimum absolute atomic E-state index is 0.0547. The van der Waals surface area contributed by atoms with Gasteiger partial charge in [0.2, 0.25) is 5.91 Å². The van der Waals surface area contributed by atoms with Crippen molar-refractivity contribution in [1.29, 1.82) is 0 Å². The molecule has 1 aliphatic rings. The summed E-state index contributed by atoms with van der Waals surface area (Å²) in [5, 5.41) is 5.77. The van der Waals surface area contributed by atoms with Gasteiger partial charge in [0.05, 0.1) is 12.8 Å². The van der Waals surface area contributed by atoms with Gasteiger partial charge in [0.25, 0.3) is 11.8 Å². The van der Waals surface area contributed by atoms with Gasteiger partial charge in [0.15, 0.2) is 11.8 Å². The fourth-order valence-corrected chi connectivity index (χ4v) is 4.63. The lowest BCUT2D eigenvalue weighted by atomic mass is 9.95. The molecule has 1 fully saturated rings. The van der Waals surface area contributed by atoms with E-state index in [1.165, 1.54) is 17.2 Å². The van der Waals surface area contributed by atoms with Crippen LogP contribution < -0.4 is 15.5 Å². The molecule has 2 aromatic heterocycles. The van der Waals surface area contributed by atoms with Crippen molar-refractivity contribution in [3.8, 4) is 0 Å². The summed E-state index contributed by atoms with van der Waals surface area (Å²) in [5.74, 6) is -0.141. The predicted octanol–water partition coefficient (Wildman–Crippen LogP) is 4.75. The van der Waals surface area contributed by atoms with Crippen LogP contribution in [0.4, 0.5) is 5.69 Å². The monoisotopic (exact) mass is 491 g/mol. The Morgan fingerprint density at radius 3 is 2.47 bits per heavy atom. The SMILES string of the molecule is Cc1ccc(C)c(N(C(=O)CNC(=O)c2ccco2)[C@H](C(=O)NC2CCCCC2)c2ccc(C)o2)c1. The number of aryl methyl sites for hydroxylation is 3. The molecule has 0 aliphatic heterocycles. The van der Waals surface area contributed by atoms with Crippen molar-refractivity contribution in [2.75, 3.05) is 11.4 Å². The van der Waals surface area contributed by atoms with Crippen LogP contribution >= 0.6 is 0 Å². The summed E-state index contributed by atoms with van der Waals surface area (Å²) in [4.78, 5) is 41.5. The van der Waals surface area contributed by atoms with Crippen molar-refractivity contribution in [2.24, 2.45) is 0 Å². The second kappa shape index (κ2) is 11.3. The number of nitrogens with one attached hydrogen (secondary N) is 2. The third kappa shape index (κ3) is 5.87. The van der Waals surface area contributed by atoms with Gasteiger partial charge in [-0.15, -0.1) is 0 Å². The van der Waals surface area contributed by atoms with Crippen LogP contribution in [0.1, 0.15) is 71.3 Å². The maximum absolute atomic E-state index is 13.8. The summed E-state index contributed by atoms with van der Waals surface area (Å²) < 4.78 is 11.0. The zero-order valence-electron chi connectivity index (χ0n) is 21.0. The van der Waals surface area contributed by atoms with Crippen LogP contribution in [0.25, 0.3) is 0 Å². The first-order chi connectivity index (χ1) is 17.3. The Kier molecular flexibility index (Phi) is 7.93. The van der Waals surface area contributed by atoms with Crippen LogP contribution in [-0.2, 0) is 9.59 Å². The first kappa shape index (κ1) is 25.3. The molecule has 1 atom stereocenters. The smallest absolute Gasteiger partial charge is 0.287 e. The summed E-state index contributed by atoms with van der Waals surface area (Å²) in [5.41, 5.74) is 2.35. The molecule has 3 aromatic rings. The molecule has 8 heteroatoms. The highest BCUT2D eigenvalue weighted by Gasteiger charge is 2.37. The molecule has 190 valence electrons. The van der Waals surface area contributed by atoms with Gasteiger partial charge in [-0.25, -0.2) is 0 Å². The standard InChI is InChI=1S/C28H33N3O5/c1-18-11-12-19(2)22(16-18)31(25(32)17-29-27(33)24-10-7-15-35-24)26(23-14-13-20(3)36-23)28(34)30-21-8-5-4-6-9-21/h7,10-16,21,26H,4-6,8-9,17H2,1-3H3,(H,29,33)(H,30,34)/t26-/m0/s1. The van der Waals surface area contributed by atoms with Gasteiger partial charge in [-0.05, 0) is 75.1 Å². The van der Waals surface area contributed by atoms with Crippen molar-refractivity contribution in [3.63, 3.8) is 0 Å². The Hall–Kier alpha value is -3.81. The Balaban J connectivity index is 1.69. The number of nitrogens with zero attached hydrogens (tertiary/aromatic N) is 1. The van der Waals surface area contributed by atoms with Gasteiger partial charge in [-0.2, -0.15) is 0 Å². The fraction of sp³-hybridized carbons (Fsp3) is 0.393. The number of benzene rings is 1. The van der Waals surface area contributed by atoms with E-state index in [0.717, 1.165) is 43.2 Å². The Bertz CT molecular complexity index is 1210. The molecule has 8 nitrogen and oxygen atoms in total. The van der Waals surface area contributed by atoms with E-state index in [2.05, 4.69) is 10.6 Å². The third-order valence-corrected chi connectivity index (χ3v) is 6.53. The van der Waals surface area contributed by atoms with E-state index in [1.807, 2.05) is 32.0 Å². The number of amides is 3. The number of carbonyl (C=O) groups excluding carboxylic acids is 3. The van der Waals surface area contributed by atoms with Gasteiger partial charge in [-0.1, -0.05) is 31.4 Å². The van der Waals surface area contributed by atoms with Gasteiger partial charge in [-0.3, -0.25) is 19.3 Å². The maximum atomic E-state index is 13.8. The second-order valence-corrected chi connectivity index (χ2v) is 9.41. The molecule has 1 saturated carbocycles. The van der Waals surface area contributed by atoms with Crippen LogP contribution in [0, 0.1) is 20.8 Å². The highest BCUT2D eigenvalue weighted by molar-refractivity contribution is 6.04. The van der Waals surface area contributed by atoms with Crippen LogP contribution in [0.3, 0.4) is 0 Å². The first-order valence-electron chi connectivity index (χ1n) is 12.4. The van der Waals surface area contributed by atoms with E-state index in [9.17, 15) is 14.4 Å². The maximum Gasteiger partial charge on any atom is 0.287 e. The van der Waals surface area contributed by atoms with Crippen LogP contribution in [0.5, 0.6) is 0 Å². The molecule has 0 saturated heterocycles. The molecular formula is C28H33N3O5. The summed E-state index contributed by atoms with van der Waals surface area (Å²) in [6, 6.07) is 11.4. The second-order valence-electron chi connectivity index (χ2n) is 9.41. The lowest BCUT2D eigenvalue weighted by molar-refractivity contribution is -0.127. The van der Waals surface area contributed by atoms with E-state index in [1.54, 1.807) is 25.1 Å². The molecule has 0 radical (unpaired) electrons. The van der Waals surface area contributed by atoms with E-state index in [-0.39, 0.29) is 24.3 Å². The predicted molar refractivity (Wildman–Crippen MR) is 136 cm³/mol. The van der Waals surface area contributed by atoms with Gasteiger partial charge < -0.3 is 19.5 Å². The zero-order valence-corrected chi connectivity index (χ0v) is 21.0. The minimum Gasteiger partial charge on any atom is -0.464 e. The molecule has 0 bridgehead atoms. The molecule has 36 heavy (non-hydrogen) atoms. The highest BCUT2D eigenvalue weighted by Crippen LogP contribution is 2.33. The van der Waals surface area contributed by atoms with Crippen molar-refractivity contribution < 1.29 is 23.2 Å². The normalized spacial score (nSPS) is 14.8. The van der Waals surface area contributed by atoms with E-state index < -0.39 is 17.9 Å². The van der Waals surface area contributed by atoms with Crippen molar-refractivity contribution in [2.45, 2.75) is 65.0 Å². The molecule has 2 heterocycles. The average molecular weight is 492 g/mol. The third-order valence-electron chi connectivity index (χ3n) is 6.53. The number of hydrogen-bond donors (Lipinski definition) is 2. The molecular weight excluding hydrogens is 458 g/mol. The number of furan rings is 2. The quantitative estimate of drug-likeness (QED) is 0.473.